The normalized spacial score (nSPS) is 17.7. The second-order valence-corrected chi connectivity index (χ2v) is 6.51. The second-order valence-electron chi connectivity index (χ2n) is 5.48. The smallest absolute Gasteiger partial charge is 0.184 e. The van der Waals surface area contributed by atoms with E-state index in [0.717, 1.165) is 34.6 Å². The number of rotatable bonds is 2. The van der Waals surface area contributed by atoms with E-state index in [2.05, 4.69) is 34.6 Å². The van der Waals surface area contributed by atoms with Crippen molar-refractivity contribution in [1.82, 2.24) is 4.98 Å². The lowest BCUT2D eigenvalue weighted by Crippen LogP contribution is -2.27. The zero-order chi connectivity index (χ0) is 14.2. The maximum Gasteiger partial charge on any atom is 0.184 e. The van der Waals surface area contributed by atoms with Crippen LogP contribution in [0.15, 0.2) is 42.5 Å². The van der Waals surface area contributed by atoms with Gasteiger partial charge in [0.25, 0.3) is 0 Å². The minimum atomic E-state index is -0.231. The monoisotopic (exact) mass is 298 g/mol. The SMILES string of the molecule is Fc1ccc2sc(NC3CCc4ccccc4C3)nc2c1. The lowest BCUT2D eigenvalue weighted by Gasteiger charge is -2.25. The number of nitrogens with zero attached hydrogens (tertiary/aromatic N) is 1. The Bertz CT molecular complexity index is 796. The summed E-state index contributed by atoms with van der Waals surface area (Å²) in [5, 5.41) is 4.40. The maximum atomic E-state index is 13.2. The summed E-state index contributed by atoms with van der Waals surface area (Å²) >= 11 is 1.59. The van der Waals surface area contributed by atoms with Crippen molar-refractivity contribution in [1.29, 1.82) is 0 Å². The van der Waals surface area contributed by atoms with Crippen LogP contribution < -0.4 is 5.32 Å². The fourth-order valence-corrected chi connectivity index (χ4v) is 3.88. The fraction of sp³-hybridized carbons (Fsp3) is 0.235. The standard InChI is InChI=1S/C17H15FN2S/c18-13-6-8-16-15(10-13)20-17(21-16)19-14-7-5-11-3-1-2-4-12(11)9-14/h1-4,6,8,10,14H,5,7,9H2,(H,19,20). The molecule has 1 atom stereocenters. The van der Waals surface area contributed by atoms with Gasteiger partial charge in [-0.1, -0.05) is 35.6 Å². The van der Waals surface area contributed by atoms with Crippen molar-refractivity contribution in [3.63, 3.8) is 0 Å². The van der Waals surface area contributed by atoms with E-state index >= 15 is 0 Å². The predicted octanol–water partition coefficient (Wildman–Crippen LogP) is 4.40. The van der Waals surface area contributed by atoms with Gasteiger partial charge in [-0.05, 0) is 42.5 Å². The Morgan fingerprint density at radius 2 is 2.00 bits per heavy atom. The van der Waals surface area contributed by atoms with Crippen LogP contribution >= 0.6 is 11.3 Å². The summed E-state index contributed by atoms with van der Waals surface area (Å²) in [6, 6.07) is 13.8. The average Bonchev–Trinajstić information content (AvgIpc) is 2.88. The van der Waals surface area contributed by atoms with E-state index in [4.69, 9.17) is 0 Å². The molecule has 0 fully saturated rings. The van der Waals surface area contributed by atoms with Gasteiger partial charge in [-0.2, -0.15) is 0 Å². The molecule has 106 valence electrons. The van der Waals surface area contributed by atoms with Crippen LogP contribution in [0.3, 0.4) is 0 Å². The van der Waals surface area contributed by atoms with Crippen molar-refractivity contribution < 1.29 is 4.39 Å². The van der Waals surface area contributed by atoms with E-state index in [9.17, 15) is 4.39 Å². The zero-order valence-electron chi connectivity index (χ0n) is 11.5. The molecule has 0 amide bonds. The van der Waals surface area contributed by atoms with Crippen LogP contribution in [0.25, 0.3) is 10.2 Å². The van der Waals surface area contributed by atoms with Gasteiger partial charge >= 0.3 is 0 Å². The van der Waals surface area contributed by atoms with Crippen LogP contribution in [0.4, 0.5) is 9.52 Å². The number of aromatic nitrogens is 1. The van der Waals surface area contributed by atoms with Gasteiger partial charge in [0.15, 0.2) is 5.13 Å². The van der Waals surface area contributed by atoms with Gasteiger partial charge in [0.1, 0.15) is 5.82 Å². The number of nitrogens with one attached hydrogen (secondary N) is 1. The van der Waals surface area contributed by atoms with Crippen molar-refractivity contribution >= 4 is 26.7 Å². The van der Waals surface area contributed by atoms with Gasteiger partial charge in [-0.25, -0.2) is 9.37 Å². The molecule has 1 heterocycles. The van der Waals surface area contributed by atoms with E-state index in [0.29, 0.717) is 6.04 Å². The first kappa shape index (κ1) is 12.8. The number of thiazole rings is 1. The molecule has 2 nitrogen and oxygen atoms in total. The van der Waals surface area contributed by atoms with Crippen LogP contribution in [-0.4, -0.2) is 11.0 Å². The van der Waals surface area contributed by atoms with Crippen LogP contribution in [0.5, 0.6) is 0 Å². The number of fused-ring (bicyclic) bond motifs is 2. The molecule has 1 N–H and O–H groups in total. The summed E-state index contributed by atoms with van der Waals surface area (Å²) in [5.41, 5.74) is 3.62. The molecule has 0 saturated carbocycles. The first-order chi connectivity index (χ1) is 10.3. The molecular weight excluding hydrogens is 283 g/mol. The topological polar surface area (TPSA) is 24.9 Å². The third kappa shape index (κ3) is 2.51. The highest BCUT2D eigenvalue weighted by atomic mass is 32.1. The zero-order valence-corrected chi connectivity index (χ0v) is 12.3. The lowest BCUT2D eigenvalue weighted by atomic mass is 9.88. The third-order valence-corrected chi connectivity index (χ3v) is 4.99. The summed E-state index contributed by atoms with van der Waals surface area (Å²) in [5.74, 6) is -0.231. The van der Waals surface area contributed by atoms with Crippen molar-refractivity contribution in [3.8, 4) is 0 Å². The first-order valence-corrected chi connectivity index (χ1v) is 7.99. The number of hydrogen-bond acceptors (Lipinski definition) is 3. The Hall–Kier alpha value is -1.94. The van der Waals surface area contributed by atoms with Crippen molar-refractivity contribution in [2.24, 2.45) is 0 Å². The molecule has 21 heavy (non-hydrogen) atoms. The Labute approximate surface area is 126 Å². The molecule has 4 heteroatoms. The molecule has 0 bridgehead atoms. The molecule has 0 aliphatic heterocycles. The highest BCUT2D eigenvalue weighted by Crippen LogP contribution is 2.29. The summed E-state index contributed by atoms with van der Waals surface area (Å²) in [7, 11) is 0. The first-order valence-electron chi connectivity index (χ1n) is 7.17. The lowest BCUT2D eigenvalue weighted by molar-refractivity contribution is 0.610. The Balaban J connectivity index is 1.55. The molecule has 0 spiro atoms. The Morgan fingerprint density at radius 1 is 1.14 bits per heavy atom. The molecule has 1 unspecified atom stereocenters. The molecule has 0 radical (unpaired) electrons. The predicted molar refractivity (Wildman–Crippen MR) is 85.5 cm³/mol. The van der Waals surface area contributed by atoms with E-state index < -0.39 is 0 Å². The van der Waals surface area contributed by atoms with Gasteiger partial charge in [0.2, 0.25) is 0 Å². The van der Waals surface area contributed by atoms with Gasteiger partial charge in [-0.3, -0.25) is 0 Å². The largest absolute Gasteiger partial charge is 0.358 e. The van der Waals surface area contributed by atoms with Crippen molar-refractivity contribution in [2.75, 3.05) is 5.32 Å². The second kappa shape index (κ2) is 5.11. The Morgan fingerprint density at radius 3 is 2.90 bits per heavy atom. The Kier molecular flexibility index (Phi) is 3.11. The summed E-state index contributed by atoms with van der Waals surface area (Å²) in [6.45, 7) is 0. The van der Waals surface area contributed by atoms with Gasteiger partial charge < -0.3 is 5.32 Å². The maximum absolute atomic E-state index is 13.2. The van der Waals surface area contributed by atoms with Gasteiger partial charge in [0.05, 0.1) is 10.2 Å². The third-order valence-electron chi connectivity index (χ3n) is 4.02. The van der Waals surface area contributed by atoms with Crippen molar-refractivity contribution in [2.45, 2.75) is 25.3 Å². The number of halogens is 1. The number of hydrogen-bond donors (Lipinski definition) is 1. The number of benzene rings is 2. The van der Waals surface area contributed by atoms with E-state index in [1.54, 1.807) is 17.4 Å². The minimum absolute atomic E-state index is 0.231. The van der Waals surface area contributed by atoms with E-state index in [-0.39, 0.29) is 5.82 Å². The molecule has 0 saturated heterocycles. The quantitative estimate of drug-likeness (QED) is 0.758. The van der Waals surface area contributed by atoms with Crippen LogP contribution in [0, 0.1) is 5.82 Å². The summed E-state index contributed by atoms with van der Waals surface area (Å²) in [4.78, 5) is 4.49. The molecule has 1 aromatic heterocycles. The molecule has 1 aliphatic carbocycles. The molecular formula is C17H15FN2S. The van der Waals surface area contributed by atoms with E-state index in [1.807, 2.05) is 0 Å². The highest BCUT2D eigenvalue weighted by molar-refractivity contribution is 7.22. The molecule has 3 aromatic rings. The van der Waals surface area contributed by atoms with Crippen LogP contribution in [-0.2, 0) is 12.8 Å². The summed E-state index contributed by atoms with van der Waals surface area (Å²) < 4.78 is 14.2. The molecule has 4 rings (SSSR count). The van der Waals surface area contributed by atoms with Gasteiger partial charge in [0, 0.05) is 12.1 Å². The minimum Gasteiger partial charge on any atom is -0.358 e. The number of aryl methyl sites for hydroxylation is 1. The fourth-order valence-electron chi connectivity index (χ4n) is 2.96. The highest BCUT2D eigenvalue weighted by Gasteiger charge is 2.19. The molecule has 1 aliphatic rings. The number of anilines is 1. The van der Waals surface area contributed by atoms with E-state index in [1.165, 1.54) is 23.3 Å². The van der Waals surface area contributed by atoms with Crippen LogP contribution in [0.2, 0.25) is 0 Å². The molecule has 2 aromatic carbocycles. The van der Waals surface area contributed by atoms with Crippen LogP contribution in [0.1, 0.15) is 17.5 Å². The van der Waals surface area contributed by atoms with Gasteiger partial charge in [-0.15, -0.1) is 0 Å². The average molecular weight is 298 g/mol. The summed E-state index contributed by atoms with van der Waals surface area (Å²) in [6.07, 6.45) is 3.25. The van der Waals surface area contributed by atoms with Crippen molar-refractivity contribution in [3.05, 3.63) is 59.4 Å².